The van der Waals surface area contributed by atoms with Gasteiger partial charge in [-0.1, -0.05) is 59.3 Å². The van der Waals surface area contributed by atoms with E-state index in [-0.39, 0.29) is 5.91 Å². The van der Waals surface area contributed by atoms with Crippen LogP contribution in [0.2, 0.25) is 5.02 Å². The molecule has 2 aliphatic rings. The van der Waals surface area contributed by atoms with Crippen LogP contribution in [0.5, 0.6) is 0 Å². The summed E-state index contributed by atoms with van der Waals surface area (Å²) in [4.78, 5) is 16.0. The number of thioether (sulfide) groups is 1. The molecule has 1 aliphatic heterocycles. The number of anilines is 1. The number of benzene rings is 1. The van der Waals surface area contributed by atoms with Crippen molar-refractivity contribution in [3.05, 3.63) is 69.5 Å². The molecule has 1 atom stereocenters. The molecule has 0 saturated heterocycles. The summed E-state index contributed by atoms with van der Waals surface area (Å²) < 4.78 is 6.08. The minimum Gasteiger partial charge on any atom is -0.467 e. The molecule has 1 fully saturated rings. The Morgan fingerprint density at radius 1 is 1.26 bits per heavy atom. The Morgan fingerprint density at radius 3 is 2.94 bits per heavy atom. The van der Waals surface area contributed by atoms with Crippen LogP contribution in [-0.4, -0.2) is 28.1 Å². The molecule has 2 aromatic heterocycles. The lowest BCUT2D eigenvalue weighted by atomic mass is 9.73. The van der Waals surface area contributed by atoms with Crippen LogP contribution in [0.3, 0.4) is 0 Å². The number of nitrogens with one attached hydrogen (secondary N) is 1. The molecule has 0 spiro atoms. The van der Waals surface area contributed by atoms with Crippen molar-refractivity contribution < 1.29 is 9.21 Å². The highest BCUT2D eigenvalue weighted by atomic mass is 35.5. The first-order valence-corrected chi connectivity index (χ1v) is 12.1. The van der Waals surface area contributed by atoms with Gasteiger partial charge in [0.1, 0.15) is 5.76 Å². The van der Waals surface area contributed by atoms with E-state index >= 15 is 0 Å². The van der Waals surface area contributed by atoms with E-state index in [4.69, 9.17) is 16.0 Å². The molecule has 5 rings (SSSR count). The van der Waals surface area contributed by atoms with Crippen molar-refractivity contribution in [2.24, 2.45) is 0 Å². The summed E-state index contributed by atoms with van der Waals surface area (Å²) in [5, 5.41) is 13.1. The minimum atomic E-state index is -0.471. The van der Waals surface area contributed by atoms with Crippen molar-refractivity contribution in [2.45, 2.75) is 42.1 Å². The maximum Gasteiger partial charge on any atom is 0.261 e. The maximum atomic E-state index is 13.4. The number of carbonyl (C=O) groups is 1. The fourth-order valence-electron chi connectivity index (χ4n) is 4.53. The Labute approximate surface area is 193 Å². The number of aromatic nitrogens is 2. The molecule has 1 aliphatic carbocycles. The van der Waals surface area contributed by atoms with Crippen molar-refractivity contribution in [2.75, 3.05) is 12.4 Å². The number of amides is 1. The number of furan rings is 1. The summed E-state index contributed by atoms with van der Waals surface area (Å²) in [6.45, 7) is 0.539. The zero-order valence-corrected chi connectivity index (χ0v) is 19.3. The van der Waals surface area contributed by atoms with Crippen molar-refractivity contribution in [3.63, 3.8) is 0 Å². The third kappa shape index (κ3) is 3.56. The van der Waals surface area contributed by atoms with E-state index in [0.717, 1.165) is 51.8 Å². The molecule has 1 saturated carbocycles. The van der Waals surface area contributed by atoms with Crippen LogP contribution in [0.15, 0.2) is 61.9 Å². The average Bonchev–Trinajstić information content (AvgIpc) is 3.51. The van der Waals surface area contributed by atoms with Gasteiger partial charge < -0.3 is 14.6 Å². The number of hydrogen-bond donors (Lipinski definition) is 1. The van der Waals surface area contributed by atoms with Gasteiger partial charge in [-0.15, -0.1) is 10.2 Å². The van der Waals surface area contributed by atoms with E-state index in [1.54, 1.807) is 6.26 Å². The lowest BCUT2D eigenvalue weighted by Crippen LogP contribution is -2.44. The van der Waals surface area contributed by atoms with Crippen LogP contribution in [0, 0.1) is 0 Å². The molecule has 1 aromatic carbocycles. The van der Waals surface area contributed by atoms with E-state index < -0.39 is 5.54 Å². The second kappa shape index (κ2) is 8.33. The monoisotopic (exact) mass is 472 g/mol. The molecular formula is C22H21ClN4O2S2. The predicted molar refractivity (Wildman–Crippen MR) is 123 cm³/mol. The van der Waals surface area contributed by atoms with Crippen LogP contribution >= 0.6 is 34.7 Å². The SMILES string of the molecule is CN1C(=O)C(Sc2nnc(NCc3ccco3)s2)=C2CCCC[C@]21c1ccccc1Cl. The molecular weight excluding hydrogens is 452 g/mol. The smallest absolute Gasteiger partial charge is 0.261 e. The molecule has 3 heterocycles. The van der Waals surface area contributed by atoms with Gasteiger partial charge in [-0.3, -0.25) is 4.79 Å². The lowest BCUT2D eigenvalue weighted by molar-refractivity contribution is -0.128. The summed E-state index contributed by atoms with van der Waals surface area (Å²) in [5.41, 5.74) is 1.70. The number of nitrogens with zero attached hydrogens (tertiary/aromatic N) is 3. The number of carbonyl (C=O) groups excluding carboxylic acids is 1. The predicted octanol–water partition coefficient (Wildman–Crippen LogP) is 5.68. The fraction of sp³-hybridized carbons (Fsp3) is 0.318. The van der Waals surface area contributed by atoms with Crippen LogP contribution in [0.4, 0.5) is 5.13 Å². The van der Waals surface area contributed by atoms with E-state index in [1.807, 2.05) is 48.3 Å². The minimum absolute atomic E-state index is 0.0297. The lowest BCUT2D eigenvalue weighted by Gasteiger charge is -2.42. The van der Waals surface area contributed by atoms with E-state index in [2.05, 4.69) is 15.5 Å². The Balaban J connectivity index is 1.45. The zero-order chi connectivity index (χ0) is 21.4. The average molecular weight is 473 g/mol. The van der Waals surface area contributed by atoms with Crippen LogP contribution in [0.25, 0.3) is 0 Å². The summed E-state index contributed by atoms with van der Waals surface area (Å²) in [6.07, 6.45) is 5.53. The van der Waals surface area contributed by atoms with Gasteiger partial charge in [-0.2, -0.15) is 0 Å². The van der Waals surface area contributed by atoms with E-state index in [0.29, 0.717) is 16.7 Å². The molecule has 6 nitrogen and oxygen atoms in total. The Kier molecular flexibility index (Phi) is 5.54. The topological polar surface area (TPSA) is 71.3 Å². The van der Waals surface area contributed by atoms with Crippen LogP contribution < -0.4 is 5.32 Å². The molecule has 0 radical (unpaired) electrons. The summed E-state index contributed by atoms with van der Waals surface area (Å²) in [5.74, 6) is 0.857. The zero-order valence-electron chi connectivity index (χ0n) is 16.9. The highest BCUT2D eigenvalue weighted by molar-refractivity contribution is 8.05. The highest BCUT2D eigenvalue weighted by Gasteiger charge is 2.52. The summed E-state index contributed by atoms with van der Waals surface area (Å²) in [7, 11) is 1.89. The first-order chi connectivity index (χ1) is 15.1. The number of likely N-dealkylation sites (N-methyl/N-ethyl adjacent to an activating group) is 1. The molecule has 31 heavy (non-hydrogen) atoms. The fourth-order valence-corrected chi connectivity index (χ4v) is 6.83. The van der Waals surface area contributed by atoms with Crippen molar-refractivity contribution in [3.8, 4) is 0 Å². The molecule has 1 N–H and O–H groups in total. The van der Waals surface area contributed by atoms with Crippen LogP contribution in [-0.2, 0) is 16.9 Å². The molecule has 0 unspecified atom stereocenters. The Morgan fingerprint density at radius 2 is 2.13 bits per heavy atom. The second-order valence-corrected chi connectivity index (χ2v) is 10.3. The molecule has 0 bridgehead atoms. The first kappa shape index (κ1) is 20.6. The second-order valence-electron chi connectivity index (χ2n) is 7.63. The Bertz CT molecular complexity index is 1140. The first-order valence-electron chi connectivity index (χ1n) is 10.1. The largest absolute Gasteiger partial charge is 0.467 e. The van der Waals surface area contributed by atoms with Crippen molar-refractivity contribution >= 4 is 45.7 Å². The van der Waals surface area contributed by atoms with Crippen molar-refractivity contribution in [1.82, 2.24) is 15.1 Å². The normalized spacial score (nSPS) is 21.0. The van der Waals surface area contributed by atoms with E-state index in [9.17, 15) is 4.79 Å². The number of hydrogen-bond acceptors (Lipinski definition) is 7. The molecule has 1 amide bonds. The number of fused-ring (bicyclic) bond motifs is 1. The third-order valence-electron chi connectivity index (χ3n) is 5.97. The highest BCUT2D eigenvalue weighted by Crippen LogP contribution is 2.55. The quantitative estimate of drug-likeness (QED) is 0.497. The van der Waals surface area contributed by atoms with Crippen LogP contribution in [0.1, 0.15) is 37.0 Å². The number of rotatable bonds is 6. The van der Waals surface area contributed by atoms with Crippen molar-refractivity contribution in [1.29, 1.82) is 0 Å². The maximum absolute atomic E-state index is 13.4. The Hall–Kier alpha value is -2.29. The van der Waals surface area contributed by atoms with Gasteiger partial charge in [-0.05, 0) is 43.0 Å². The molecule has 160 valence electrons. The van der Waals surface area contributed by atoms with E-state index in [1.165, 1.54) is 23.1 Å². The van der Waals surface area contributed by atoms with Gasteiger partial charge in [0.25, 0.3) is 5.91 Å². The number of halogens is 1. The summed E-state index contributed by atoms with van der Waals surface area (Å²) in [6, 6.07) is 11.6. The van der Waals surface area contributed by atoms with Gasteiger partial charge in [-0.25, -0.2) is 0 Å². The van der Waals surface area contributed by atoms with Gasteiger partial charge in [0.15, 0.2) is 4.34 Å². The van der Waals surface area contributed by atoms with Gasteiger partial charge in [0.05, 0.1) is 23.3 Å². The molecule has 3 aromatic rings. The standard InChI is InChI=1S/C22H21ClN4O2S2/c1-27-19(28)18(30-21-26-25-20(31-21)24-13-14-7-6-12-29-14)16-9-4-5-11-22(16,27)15-8-2-3-10-17(15)23/h2-3,6-8,10,12H,4-5,9,11,13H2,1H3,(H,24,25)/t22-/m0/s1. The van der Waals surface area contributed by atoms with Gasteiger partial charge in [0, 0.05) is 17.6 Å². The van der Waals surface area contributed by atoms with Gasteiger partial charge >= 0.3 is 0 Å². The third-order valence-corrected chi connectivity index (χ3v) is 8.36. The molecule has 9 heteroatoms. The van der Waals surface area contributed by atoms with Gasteiger partial charge in [0.2, 0.25) is 5.13 Å². The summed E-state index contributed by atoms with van der Waals surface area (Å²) >= 11 is 9.47.